The highest BCUT2D eigenvalue weighted by molar-refractivity contribution is 5.96. The van der Waals surface area contributed by atoms with Gasteiger partial charge in [0.15, 0.2) is 6.61 Å². The van der Waals surface area contributed by atoms with Gasteiger partial charge < -0.3 is 15.4 Å². The van der Waals surface area contributed by atoms with Crippen LogP contribution in [0.4, 0.5) is 19.0 Å². The van der Waals surface area contributed by atoms with Gasteiger partial charge in [-0.1, -0.05) is 6.92 Å². The van der Waals surface area contributed by atoms with Gasteiger partial charge in [-0.05, 0) is 30.2 Å². The first-order valence-electron chi connectivity index (χ1n) is 8.37. The molecule has 2 heterocycles. The topological polar surface area (TPSA) is 93.2 Å². The molecule has 0 atom stereocenters. The summed E-state index contributed by atoms with van der Waals surface area (Å²) >= 11 is 0. The van der Waals surface area contributed by atoms with Crippen molar-refractivity contribution in [3.05, 3.63) is 47.3 Å². The van der Waals surface area contributed by atoms with Crippen LogP contribution in [0, 0.1) is 6.92 Å². The van der Waals surface area contributed by atoms with Crippen molar-refractivity contribution >= 4 is 17.6 Å². The number of anilines is 1. The number of aromatic nitrogens is 2. The highest BCUT2D eigenvalue weighted by Crippen LogP contribution is 2.19. The molecule has 0 aliphatic rings. The maximum absolute atomic E-state index is 12.3. The van der Waals surface area contributed by atoms with E-state index in [-0.39, 0.29) is 30.6 Å². The molecule has 150 valence electrons. The summed E-state index contributed by atoms with van der Waals surface area (Å²) < 4.78 is 41.1. The van der Waals surface area contributed by atoms with Gasteiger partial charge in [-0.25, -0.2) is 9.97 Å². The van der Waals surface area contributed by atoms with Gasteiger partial charge in [0.2, 0.25) is 11.8 Å². The number of aryl methyl sites for hydroxylation is 1. The third kappa shape index (κ3) is 6.53. The van der Waals surface area contributed by atoms with Crippen LogP contribution in [-0.2, 0) is 11.3 Å². The third-order valence-electron chi connectivity index (χ3n) is 3.63. The Morgan fingerprint density at radius 2 is 1.96 bits per heavy atom. The highest BCUT2D eigenvalue weighted by atomic mass is 19.4. The maximum Gasteiger partial charge on any atom is 0.422 e. The number of ether oxygens (including phenoxy) is 1. The van der Waals surface area contributed by atoms with Crippen LogP contribution in [0.2, 0.25) is 0 Å². The first-order valence-corrected chi connectivity index (χ1v) is 8.37. The molecule has 7 nitrogen and oxygen atoms in total. The Labute approximate surface area is 159 Å². The molecule has 0 unspecified atom stereocenters. The number of halogens is 3. The first-order chi connectivity index (χ1) is 13.2. The molecule has 28 heavy (non-hydrogen) atoms. The average Bonchev–Trinajstić information content (AvgIpc) is 2.65. The number of amides is 2. The zero-order valence-corrected chi connectivity index (χ0v) is 15.3. The molecule has 0 fully saturated rings. The Morgan fingerprint density at radius 1 is 1.21 bits per heavy atom. The van der Waals surface area contributed by atoms with E-state index in [1.54, 1.807) is 13.8 Å². The summed E-state index contributed by atoms with van der Waals surface area (Å²) in [5.74, 6) is -0.496. The lowest BCUT2D eigenvalue weighted by molar-refractivity contribution is -0.154. The minimum Gasteiger partial charge on any atom is -0.468 e. The van der Waals surface area contributed by atoms with Gasteiger partial charge in [-0.15, -0.1) is 0 Å². The lowest BCUT2D eigenvalue weighted by atomic mass is 10.1. The lowest BCUT2D eigenvalue weighted by Gasteiger charge is -2.12. The van der Waals surface area contributed by atoms with Crippen LogP contribution < -0.4 is 15.4 Å². The molecule has 2 aromatic rings. The number of hydrogen-bond donors (Lipinski definition) is 2. The first kappa shape index (κ1) is 21.1. The molecular weight excluding hydrogens is 377 g/mol. The van der Waals surface area contributed by atoms with E-state index in [1.165, 1.54) is 30.6 Å². The minimum atomic E-state index is -4.44. The van der Waals surface area contributed by atoms with Crippen molar-refractivity contribution in [3.8, 4) is 5.88 Å². The van der Waals surface area contributed by atoms with Crippen molar-refractivity contribution in [1.82, 2.24) is 15.3 Å². The van der Waals surface area contributed by atoms with Gasteiger partial charge in [0.05, 0.1) is 0 Å². The zero-order chi connectivity index (χ0) is 20.7. The van der Waals surface area contributed by atoms with Crippen LogP contribution in [0.15, 0.2) is 30.6 Å². The average molecular weight is 396 g/mol. The molecule has 2 amide bonds. The van der Waals surface area contributed by atoms with E-state index < -0.39 is 18.7 Å². The van der Waals surface area contributed by atoms with Crippen LogP contribution in [0.1, 0.15) is 34.8 Å². The largest absolute Gasteiger partial charge is 0.468 e. The fourth-order valence-corrected chi connectivity index (χ4v) is 2.13. The Morgan fingerprint density at radius 3 is 2.61 bits per heavy atom. The predicted molar refractivity (Wildman–Crippen MR) is 94.9 cm³/mol. The standard InChI is InChI=1S/C18H19F3N4O3/c1-3-15(26)25-14-7-12(4-5-22-14)17(27)24-9-13-8-23-16(6-11(13)2)28-10-18(19,20)21/h4-8H,3,9-10H2,1-2H3,(H,24,27)(H,22,25,26). The second kappa shape index (κ2) is 9.16. The van der Waals surface area contributed by atoms with E-state index in [0.717, 1.165) is 0 Å². The number of carbonyl (C=O) groups is 2. The van der Waals surface area contributed by atoms with Crippen LogP contribution in [0.3, 0.4) is 0 Å². The molecule has 2 aromatic heterocycles. The van der Waals surface area contributed by atoms with Gasteiger partial charge in [0, 0.05) is 37.0 Å². The number of rotatable bonds is 7. The van der Waals surface area contributed by atoms with Gasteiger partial charge in [-0.2, -0.15) is 13.2 Å². The Hall–Kier alpha value is -3.17. The van der Waals surface area contributed by atoms with Crippen molar-refractivity contribution in [2.45, 2.75) is 33.0 Å². The summed E-state index contributed by atoms with van der Waals surface area (Å²) in [5, 5.41) is 5.25. The Bertz CT molecular complexity index is 856. The van der Waals surface area contributed by atoms with Crippen molar-refractivity contribution < 1.29 is 27.5 Å². The molecule has 2 N–H and O–H groups in total. The van der Waals surface area contributed by atoms with Gasteiger partial charge >= 0.3 is 6.18 Å². The SMILES string of the molecule is CCC(=O)Nc1cc(C(=O)NCc2cnc(OCC(F)(F)F)cc2C)ccn1. The second-order valence-electron chi connectivity index (χ2n) is 5.87. The molecule has 0 saturated carbocycles. The summed E-state index contributed by atoms with van der Waals surface area (Å²) in [6.45, 7) is 2.07. The summed E-state index contributed by atoms with van der Waals surface area (Å²) in [4.78, 5) is 31.5. The number of alkyl halides is 3. The van der Waals surface area contributed by atoms with E-state index in [2.05, 4.69) is 25.3 Å². The van der Waals surface area contributed by atoms with E-state index in [0.29, 0.717) is 16.7 Å². The summed E-state index contributed by atoms with van der Waals surface area (Å²) in [6, 6.07) is 4.32. The van der Waals surface area contributed by atoms with Crippen LogP contribution >= 0.6 is 0 Å². The summed E-state index contributed by atoms with van der Waals surface area (Å²) in [7, 11) is 0. The smallest absolute Gasteiger partial charge is 0.422 e. The van der Waals surface area contributed by atoms with Gasteiger partial charge in [0.25, 0.3) is 5.91 Å². The van der Waals surface area contributed by atoms with E-state index >= 15 is 0 Å². The molecule has 0 aliphatic carbocycles. The molecule has 0 radical (unpaired) electrons. The maximum atomic E-state index is 12.3. The van der Waals surface area contributed by atoms with Gasteiger partial charge in [0.1, 0.15) is 5.82 Å². The Balaban J connectivity index is 1.97. The van der Waals surface area contributed by atoms with Crippen LogP contribution in [0.5, 0.6) is 5.88 Å². The van der Waals surface area contributed by atoms with Crippen molar-refractivity contribution in [2.24, 2.45) is 0 Å². The zero-order valence-electron chi connectivity index (χ0n) is 15.3. The van der Waals surface area contributed by atoms with Crippen molar-refractivity contribution in [2.75, 3.05) is 11.9 Å². The number of nitrogens with zero attached hydrogens (tertiary/aromatic N) is 2. The molecule has 0 aromatic carbocycles. The molecule has 10 heteroatoms. The number of hydrogen-bond acceptors (Lipinski definition) is 5. The van der Waals surface area contributed by atoms with Crippen LogP contribution in [-0.4, -0.2) is 34.6 Å². The fourth-order valence-electron chi connectivity index (χ4n) is 2.13. The second-order valence-corrected chi connectivity index (χ2v) is 5.87. The minimum absolute atomic E-state index is 0.121. The number of nitrogens with one attached hydrogen (secondary N) is 2. The number of carbonyl (C=O) groups excluding carboxylic acids is 2. The molecule has 0 bridgehead atoms. The highest BCUT2D eigenvalue weighted by Gasteiger charge is 2.28. The summed E-state index contributed by atoms with van der Waals surface area (Å²) in [6.07, 6.45) is -1.41. The molecule has 0 spiro atoms. The van der Waals surface area contributed by atoms with Gasteiger partial charge in [-0.3, -0.25) is 9.59 Å². The molecule has 0 aliphatic heterocycles. The molecule has 2 rings (SSSR count). The lowest BCUT2D eigenvalue weighted by Crippen LogP contribution is -2.24. The summed E-state index contributed by atoms with van der Waals surface area (Å²) in [5.41, 5.74) is 1.55. The van der Waals surface area contributed by atoms with Crippen molar-refractivity contribution in [1.29, 1.82) is 0 Å². The van der Waals surface area contributed by atoms with Crippen molar-refractivity contribution in [3.63, 3.8) is 0 Å². The monoisotopic (exact) mass is 396 g/mol. The predicted octanol–water partition coefficient (Wildman–Crippen LogP) is 3.00. The van der Waals surface area contributed by atoms with E-state index in [1.807, 2.05) is 0 Å². The third-order valence-corrected chi connectivity index (χ3v) is 3.63. The Kier molecular flexibility index (Phi) is 6.91. The van der Waals surface area contributed by atoms with E-state index in [9.17, 15) is 22.8 Å². The van der Waals surface area contributed by atoms with E-state index in [4.69, 9.17) is 0 Å². The molecule has 0 saturated heterocycles. The quantitative estimate of drug-likeness (QED) is 0.751. The molecular formula is C18H19F3N4O3. The fraction of sp³-hybridized carbons (Fsp3) is 0.333. The number of pyridine rings is 2. The normalized spacial score (nSPS) is 11.0. The van der Waals surface area contributed by atoms with Crippen LogP contribution in [0.25, 0.3) is 0 Å².